The fraction of sp³-hybridized carbons (Fsp3) is 0.500. The molecule has 0 saturated heterocycles. The molecule has 0 radical (unpaired) electrons. The summed E-state index contributed by atoms with van der Waals surface area (Å²) in [7, 11) is -1.32. The van der Waals surface area contributed by atoms with E-state index in [1.54, 1.807) is 0 Å². The number of aromatic nitrogens is 2. The van der Waals surface area contributed by atoms with Gasteiger partial charge in [0.25, 0.3) is 0 Å². The highest BCUT2D eigenvalue weighted by atomic mass is 32.2. The highest BCUT2D eigenvalue weighted by Crippen LogP contribution is 2.15. The zero-order valence-corrected chi connectivity index (χ0v) is 12.2. The Labute approximate surface area is 118 Å². The number of hydrogen-bond donors (Lipinski definition) is 1. The van der Waals surface area contributed by atoms with Gasteiger partial charge in [-0.15, -0.1) is 0 Å². The van der Waals surface area contributed by atoms with Crippen LogP contribution in [-0.4, -0.2) is 48.4 Å². The minimum Gasteiger partial charge on any atom is -0.309 e. The minimum absolute atomic E-state index is 0.101. The second kappa shape index (κ2) is 5.76. The summed E-state index contributed by atoms with van der Waals surface area (Å²) in [6.07, 6.45) is -0.101. The predicted molar refractivity (Wildman–Crippen MR) is 75.8 cm³/mol. The number of nitrogens with one attached hydrogen (secondary N) is 1. The van der Waals surface area contributed by atoms with Crippen molar-refractivity contribution in [3.8, 4) is 0 Å². The number of sulfone groups is 1. The number of anilines is 1. The van der Waals surface area contributed by atoms with Gasteiger partial charge >= 0.3 is 0 Å². The number of rotatable bonds is 5. The molecule has 8 heteroatoms. The number of likely N-dealkylation sites (N-methyl/N-ethyl adjacent to an activating group) is 1. The quantitative estimate of drug-likeness (QED) is 0.840. The van der Waals surface area contributed by atoms with E-state index in [1.807, 2.05) is 17.8 Å². The van der Waals surface area contributed by atoms with E-state index in [2.05, 4.69) is 21.9 Å². The summed E-state index contributed by atoms with van der Waals surface area (Å²) < 4.78 is 24.3. The molecule has 1 aromatic rings. The zero-order valence-electron chi connectivity index (χ0n) is 11.4. The number of nitrogens with zero attached hydrogens (tertiary/aromatic N) is 3. The van der Waals surface area contributed by atoms with E-state index >= 15 is 0 Å². The molecule has 0 bridgehead atoms. The van der Waals surface area contributed by atoms with Crippen LogP contribution in [0.4, 0.5) is 5.82 Å². The second-order valence-corrected chi connectivity index (χ2v) is 6.88. The summed E-state index contributed by atoms with van der Waals surface area (Å²) in [5.74, 6) is -0.130. The van der Waals surface area contributed by atoms with E-state index in [0.717, 1.165) is 30.7 Å². The molecule has 0 atom stereocenters. The first kappa shape index (κ1) is 14.7. The summed E-state index contributed by atoms with van der Waals surface area (Å²) in [6.45, 7) is 5.69. The number of fused-ring (bicyclic) bond motifs is 1. The van der Waals surface area contributed by atoms with Crippen LogP contribution in [0.1, 0.15) is 12.1 Å². The molecule has 0 spiro atoms. The van der Waals surface area contributed by atoms with Gasteiger partial charge in [0.2, 0.25) is 5.91 Å². The van der Waals surface area contributed by atoms with Gasteiger partial charge in [-0.1, -0.05) is 6.58 Å². The van der Waals surface area contributed by atoms with Gasteiger partial charge in [-0.2, -0.15) is 5.10 Å². The molecule has 0 fully saturated rings. The Bertz CT molecular complexity index is 621. The summed E-state index contributed by atoms with van der Waals surface area (Å²) in [5, 5.41) is 7.77. The van der Waals surface area contributed by atoms with Crippen LogP contribution in [0.3, 0.4) is 0 Å². The molecular formula is C12H18N4O3S. The molecule has 0 aromatic carbocycles. The van der Waals surface area contributed by atoms with Crippen LogP contribution < -0.4 is 5.32 Å². The van der Waals surface area contributed by atoms with Gasteiger partial charge in [0.1, 0.15) is 0 Å². The van der Waals surface area contributed by atoms with Gasteiger partial charge < -0.3 is 5.32 Å². The number of amides is 1. The van der Waals surface area contributed by atoms with Crippen molar-refractivity contribution in [2.45, 2.75) is 19.5 Å². The van der Waals surface area contributed by atoms with E-state index in [0.29, 0.717) is 5.82 Å². The Kier molecular flexibility index (Phi) is 4.24. The van der Waals surface area contributed by atoms with Crippen LogP contribution in [0, 0.1) is 0 Å². The summed E-state index contributed by atoms with van der Waals surface area (Å²) >= 11 is 0. The average Bonchev–Trinajstić information content (AvgIpc) is 2.78. The maximum absolute atomic E-state index is 11.7. The van der Waals surface area contributed by atoms with Crippen molar-refractivity contribution in [3.05, 3.63) is 23.7 Å². The lowest BCUT2D eigenvalue weighted by Crippen LogP contribution is -2.30. The molecule has 1 aliphatic rings. The number of carbonyl (C=O) groups excluding carboxylic acids is 1. The van der Waals surface area contributed by atoms with Crippen LogP contribution in [0.5, 0.6) is 0 Å². The van der Waals surface area contributed by atoms with Gasteiger partial charge in [0, 0.05) is 31.0 Å². The molecule has 2 heterocycles. The van der Waals surface area contributed by atoms with Crippen molar-refractivity contribution in [3.63, 3.8) is 0 Å². The minimum atomic E-state index is -3.35. The first-order chi connectivity index (χ1) is 9.39. The first-order valence-electron chi connectivity index (χ1n) is 6.30. The van der Waals surface area contributed by atoms with Crippen molar-refractivity contribution < 1.29 is 13.2 Å². The molecule has 1 amide bonds. The Morgan fingerprint density at radius 2 is 2.30 bits per heavy atom. The third kappa shape index (κ3) is 3.67. The lowest BCUT2D eigenvalue weighted by Gasteiger charge is -2.22. The SMILES string of the molecule is C=CS(=O)(=O)CCC(=O)Nc1cc2n(n1)CCN(C)C2. The van der Waals surface area contributed by atoms with Crippen LogP contribution >= 0.6 is 0 Å². The van der Waals surface area contributed by atoms with Gasteiger partial charge in [-0.25, -0.2) is 8.42 Å². The van der Waals surface area contributed by atoms with Crippen molar-refractivity contribution in [2.75, 3.05) is 24.7 Å². The van der Waals surface area contributed by atoms with E-state index in [4.69, 9.17) is 0 Å². The smallest absolute Gasteiger partial charge is 0.226 e. The summed E-state index contributed by atoms with van der Waals surface area (Å²) in [5.41, 5.74) is 1.03. The van der Waals surface area contributed by atoms with Gasteiger partial charge in [-0.05, 0) is 7.05 Å². The van der Waals surface area contributed by atoms with Crippen molar-refractivity contribution >= 4 is 21.6 Å². The third-order valence-corrected chi connectivity index (χ3v) is 4.40. The molecule has 1 N–H and O–H groups in total. The predicted octanol–water partition coefficient (Wildman–Crippen LogP) is 0.215. The van der Waals surface area contributed by atoms with Gasteiger partial charge in [0.05, 0.1) is 18.0 Å². The second-order valence-electron chi connectivity index (χ2n) is 4.81. The maximum Gasteiger partial charge on any atom is 0.226 e. The zero-order chi connectivity index (χ0) is 14.8. The molecule has 0 saturated carbocycles. The van der Waals surface area contributed by atoms with Crippen LogP contribution in [0.25, 0.3) is 0 Å². The first-order valence-corrected chi connectivity index (χ1v) is 8.01. The number of hydrogen-bond acceptors (Lipinski definition) is 5. The third-order valence-electron chi connectivity index (χ3n) is 3.12. The molecule has 0 aliphatic carbocycles. The molecule has 1 aromatic heterocycles. The highest BCUT2D eigenvalue weighted by Gasteiger charge is 2.17. The largest absolute Gasteiger partial charge is 0.309 e. The standard InChI is InChI=1S/C12H18N4O3S/c1-3-20(18,19)7-4-12(17)13-11-8-10-9-15(2)5-6-16(10)14-11/h3,8H,1,4-7,9H2,2H3,(H,13,14,17). The van der Waals surface area contributed by atoms with E-state index in [1.165, 1.54) is 0 Å². The molecule has 1 aliphatic heterocycles. The summed E-state index contributed by atoms with van der Waals surface area (Å²) in [4.78, 5) is 13.8. The number of carbonyl (C=O) groups is 1. The van der Waals surface area contributed by atoms with Crippen LogP contribution in [0.2, 0.25) is 0 Å². The highest BCUT2D eigenvalue weighted by molar-refractivity contribution is 7.94. The van der Waals surface area contributed by atoms with Crippen molar-refractivity contribution in [2.24, 2.45) is 0 Å². The fourth-order valence-electron chi connectivity index (χ4n) is 1.98. The van der Waals surface area contributed by atoms with Crippen LogP contribution in [0.15, 0.2) is 18.1 Å². The van der Waals surface area contributed by atoms with Gasteiger partial charge in [-0.3, -0.25) is 14.4 Å². The lowest BCUT2D eigenvalue weighted by molar-refractivity contribution is -0.115. The van der Waals surface area contributed by atoms with Crippen molar-refractivity contribution in [1.82, 2.24) is 14.7 Å². The summed E-state index contributed by atoms with van der Waals surface area (Å²) in [6, 6.07) is 1.82. The molecular weight excluding hydrogens is 280 g/mol. The lowest BCUT2D eigenvalue weighted by atomic mass is 10.3. The van der Waals surface area contributed by atoms with Gasteiger partial charge in [0.15, 0.2) is 15.7 Å². The molecule has 110 valence electrons. The van der Waals surface area contributed by atoms with Crippen molar-refractivity contribution in [1.29, 1.82) is 0 Å². The maximum atomic E-state index is 11.7. The molecule has 0 unspecified atom stereocenters. The Hall–Kier alpha value is -1.67. The fourth-order valence-corrected chi connectivity index (χ4v) is 2.62. The normalized spacial score (nSPS) is 15.7. The molecule has 7 nitrogen and oxygen atoms in total. The average molecular weight is 298 g/mol. The Balaban J connectivity index is 1.94. The van der Waals surface area contributed by atoms with E-state index in [9.17, 15) is 13.2 Å². The molecule has 2 rings (SSSR count). The van der Waals surface area contributed by atoms with E-state index < -0.39 is 9.84 Å². The topological polar surface area (TPSA) is 84.3 Å². The Morgan fingerprint density at radius 3 is 3.00 bits per heavy atom. The molecule has 20 heavy (non-hydrogen) atoms. The van der Waals surface area contributed by atoms with Crippen LogP contribution in [-0.2, 0) is 27.7 Å². The van der Waals surface area contributed by atoms with E-state index in [-0.39, 0.29) is 18.1 Å². The monoisotopic (exact) mass is 298 g/mol. The Morgan fingerprint density at radius 1 is 1.55 bits per heavy atom.